The van der Waals surface area contributed by atoms with Crippen LogP contribution >= 0.6 is 0 Å². The maximum Gasteiger partial charge on any atom is 0.228 e. The molecule has 3 aromatic rings. The standard InChI is InChI=1S/C21H20N4O2/c26-20(15-16-8-10-17(11-9-16)25-14-4-12-22-25)23-18-5-1-2-6-19(18)24-13-3-7-21(24)27/h1-2,4-6,8-12,14H,3,7,13,15H2,(H,23,26). The van der Waals surface area contributed by atoms with Crippen LogP contribution in [0.2, 0.25) is 0 Å². The van der Waals surface area contributed by atoms with Gasteiger partial charge in [-0.1, -0.05) is 24.3 Å². The largest absolute Gasteiger partial charge is 0.324 e. The van der Waals surface area contributed by atoms with E-state index in [1.807, 2.05) is 60.8 Å². The van der Waals surface area contributed by atoms with Gasteiger partial charge in [0.2, 0.25) is 11.8 Å². The number of amides is 2. The molecule has 4 rings (SSSR count). The molecule has 0 saturated carbocycles. The summed E-state index contributed by atoms with van der Waals surface area (Å²) in [6.07, 6.45) is 5.28. The Morgan fingerprint density at radius 3 is 2.59 bits per heavy atom. The van der Waals surface area contributed by atoms with Crippen LogP contribution < -0.4 is 10.2 Å². The molecule has 0 atom stereocenters. The quantitative estimate of drug-likeness (QED) is 0.760. The molecule has 136 valence electrons. The first-order valence-corrected chi connectivity index (χ1v) is 8.99. The number of rotatable bonds is 5. The van der Waals surface area contributed by atoms with Crippen LogP contribution in [-0.4, -0.2) is 28.1 Å². The van der Waals surface area contributed by atoms with Gasteiger partial charge in [-0.05, 0) is 42.3 Å². The lowest BCUT2D eigenvalue weighted by Gasteiger charge is -2.20. The van der Waals surface area contributed by atoms with Crippen molar-refractivity contribution in [2.75, 3.05) is 16.8 Å². The fourth-order valence-corrected chi connectivity index (χ4v) is 3.29. The molecule has 0 spiro atoms. The van der Waals surface area contributed by atoms with E-state index >= 15 is 0 Å². The zero-order chi connectivity index (χ0) is 18.6. The van der Waals surface area contributed by atoms with Gasteiger partial charge in [0.05, 0.1) is 23.5 Å². The molecule has 6 heteroatoms. The van der Waals surface area contributed by atoms with Gasteiger partial charge >= 0.3 is 0 Å². The predicted molar refractivity (Wildman–Crippen MR) is 104 cm³/mol. The van der Waals surface area contributed by atoms with E-state index in [4.69, 9.17) is 0 Å². The fourth-order valence-electron chi connectivity index (χ4n) is 3.29. The Kier molecular flexibility index (Phi) is 4.70. The number of para-hydroxylation sites is 2. The van der Waals surface area contributed by atoms with Crippen LogP contribution in [0, 0.1) is 0 Å². The summed E-state index contributed by atoms with van der Waals surface area (Å²) in [5.41, 5.74) is 3.30. The van der Waals surface area contributed by atoms with Gasteiger partial charge < -0.3 is 10.2 Å². The van der Waals surface area contributed by atoms with Crippen molar-refractivity contribution in [1.29, 1.82) is 0 Å². The van der Waals surface area contributed by atoms with E-state index in [0.717, 1.165) is 23.4 Å². The molecule has 27 heavy (non-hydrogen) atoms. The topological polar surface area (TPSA) is 67.2 Å². The third-order valence-corrected chi connectivity index (χ3v) is 4.61. The molecule has 0 aliphatic carbocycles. The fraction of sp³-hybridized carbons (Fsp3) is 0.190. The molecular formula is C21H20N4O2. The zero-order valence-corrected chi connectivity index (χ0v) is 14.8. The number of hydrogen-bond donors (Lipinski definition) is 1. The molecule has 1 aliphatic rings. The molecular weight excluding hydrogens is 340 g/mol. The van der Waals surface area contributed by atoms with E-state index in [1.54, 1.807) is 15.8 Å². The molecule has 2 heterocycles. The Hall–Kier alpha value is -3.41. The summed E-state index contributed by atoms with van der Waals surface area (Å²) in [5.74, 6) is -0.00755. The van der Waals surface area contributed by atoms with Gasteiger partial charge in [0.1, 0.15) is 0 Å². The molecule has 1 N–H and O–H groups in total. The first-order valence-electron chi connectivity index (χ1n) is 8.99. The highest BCUT2D eigenvalue weighted by atomic mass is 16.2. The molecule has 1 aliphatic heterocycles. The van der Waals surface area contributed by atoms with Crippen LogP contribution in [-0.2, 0) is 16.0 Å². The minimum Gasteiger partial charge on any atom is -0.324 e. The van der Waals surface area contributed by atoms with Gasteiger partial charge in [-0.2, -0.15) is 5.10 Å². The maximum absolute atomic E-state index is 12.5. The second kappa shape index (κ2) is 7.45. The Labute approximate surface area is 157 Å². The summed E-state index contributed by atoms with van der Waals surface area (Å²) < 4.78 is 1.77. The highest BCUT2D eigenvalue weighted by Crippen LogP contribution is 2.29. The summed E-state index contributed by atoms with van der Waals surface area (Å²) in [4.78, 5) is 26.3. The number of benzene rings is 2. The number of carbonyl (C=O) groups is 2. The molecule has 1 aromatic heterocycles. The Morgan fingerprint density at radius 2 is 1.89 bits per heavy atom. The maximum atomic E-state index is 12.5. The van der Waals surface area contributed by atoms with Crippen molar-refractivity contribution in [2.45, 2.75) is 19.3 Å². The summed E-state index contributed by atoms with van der Waals surface area (Å²) in [5, 5.41) is 7.14. The third-order valence-electron chi connectivity index (χ3n) is 4.61. The molecule has 0 unspecified atom stereocenters. The van der Waals surface area contributed by atoms with Crippen molar-refractivity contribution in [1.82, 2.24) is 9.78 Å². The Balaban J connectivity index is 1.45. The van der Waals surface area contributed by atoms with Gasteiger partial charge in [-0.15, -0.1) is 0 Å². The van der Waals surface area contributed by atoms with Gasteiger partial charge in [0, 0.05) is 25.4 Å². The lowest BCUT2D eigenvalue weighted by atomic mass is 10.1. The first kappa shape index (κ1) is 17.0. The average molecular weight is 360 g/mol. The predicted octanol–water partition coefficient (Wildman–Crippen LogP) is 3.18. The van der Waals surface area contributed by atoms with Gasteiger partial charge in [-0.3, -0.25) is 9.59 Å². The summed E-state index contributed by atoms with van der Waals surface area (Å²) in [6.45, 7) is 0.695. The van der Waals surface area contributed by atoms with E-state index in [-0.39, 0.29) is 18.2 Å². The van der Waals surface area contributed by atoms with Crippen molar-refractivity contribution in [2.24, 2.45) is 0 Å². The minimum absolute atomic E-state index is 0.103. The minimum atomic E-state index is -0.110. The van der Waals surface area contributed by atoms with Crippen molar-refractivity contribution in [3.63, 3.8) is 0 Å². The van der Waals surface area contributed by atoms with Gasteiger partial charge in [0.15, 0.2) is 0 Å². The second-order valence-electron chi connectivity index (χ2n) is 6.51. The lowest BCUT2D eigenvalue weighted by Crippen LogP contribution is -2.25. The molecule has 2 aromatic carbocycles. The number of aromatic nitrogens is 2. The molecule has 1 fully saturated rings. The first-order chi connectivity index (χ1) is 13.2. The molecule has 6 nitrogen and oxygen atoms in total. The van der Waals surface area contributed by atoms with E-state index in [9.17, 15) is 9.59 Å². The number of nitrogens with one attached hydrogen (secondary N) is 1. The SMILES string of the molecule is O=C(Cc1ccc(-n2cccn2)cc1)Nc1ccccc1N1CCCC1=O. The van der Waals surface area contributed by atoms with Crippen LogP contribution in [0.5, 0.6) is 0 Å². The number of carbonyl (C=O) groups excluding carboxylic acids is 2. The van der Waals surface area contributed by atoms with Crippen molar-refractivity contribution >= 4 is 23.2 Å². The highest BCUT2D eigenvalue weighted by Gasteiger charge is 2.24. The van der Waals surface area contributed by atoms with E-state index < -0.39 is 0 Å². The van der Waals surface area contributed by atoms with Crippen molar-refractivity contribution in [3.05, 3.63) is 72.6 Å². The Bertz CT molecular complexity index is 949. The van der Waals surface area contributed by atoms with E-state index in [1.165, 1.54) is 0 Å². The number of anilines is 2. The lowest BCUT2D eigenvalue weighted by molar-refractivity contribution is -0.117. The summed E-state index contributed by atoms with van der Waals surface area (Å²) >= 11 is 0. The van der Waals surface area contributed by atoms with Gasteiger partial charge in [0.25, 0.3) is 0 Å². The molecule has 0 radical (unpaired) electrons. The van der Waals surface area contributed by atoms with Crippen LogP contribution in [0.1, 0.15) is 18.4 Å². The normalized spacial score (nSPS) is 13.8. The third kappa shape index (κ3) is 3.74. The molecule has 0 bridgehead atoms. The average Bonchev–Trinajstić information content (AvgIpc) is 3.35. The molecule has 1 saturated heterocycles. The van der Waals surface area contributed by atoms with Crippen LogP contribution in [0.4, 0.5) is 11.4 Å². The van der Waals surface area contributed by atoms with Crippen LogP contribution in [0.15, 0.2) is 67.0 Å². The van der Waals surface area contributed by atoms with E-state index in [0.29, 0.717) is 18.7 Å². The van der Waals surface area contributed by atoms with E-state index in [2.05, 4.69) is 10.4 Å². The number of nitrogens with zero attached hydrogens (tertiary/aromatic N) is 3. The van der Waals surface area contributed by atoms with Crippen molar-refractivity contribution < 1.29 is 9.59 Å². The Morgan fingerprint density at radius 1 is 1.07 bits per heavy atom. The smallest absolute Gasteiger partial charge is 0.228 e. The zero-order valence-electron chi connectivity index (χ0n) is 14.8. The van der Waals surface area contributed by atoms with Crippen LogP contribution in [0.25, 0.3) is 5.69 Å². The summed E-state index contributed by atoms with van der Waals surface area (Å²) in [7, 11) is 0. The van der Waals surface area contributed by atoms with Gasteiger partial charge in [-0.25, -0.2) is 4.68 Å². The van der Waals surface area contributed by atoms with Crippen LogP contribution in [0.3, 0.4) is 0 Å². The summed E-state index contributed by atoms with van der Waals surface area (Å²) in [6, 6.07) is 17.0. The number of hydrogen-bond acceptors (Lipinski definition) is 3. The highest BCUT2D eigenvalue weighted by molar-refractivity contribution is 6.02. The molecule has 2 amide bonds. The monoisotopic (exact) mass is 360 g/mol. The second-order valence-corrected chi connectivity index (χ2v) is 6.51. The van der Waals surface area contributed by atoms with Crippen molar-refractivity contribution in [3.8, 4) is 5.69 Å².